The molecule has 0 bridgehead atoms. The molecule has 0 aliphatic rings. The number of nitrogens with one attached hydrogen (secondary N) is 1. The van der Waals surface area contributed by atoms with Gasteiger partial charge in [-0.3, -0.25) is 4.21 Å². The van der Waals surface area contributed by atoms with E-state index in [-0.39, 0.29) is 6.04 Å². The molecule has 1 aromatic carbocycles. The molecule has 1 rings (SSSR count). The van der Waals surface area contributed by atoms with Crippen LogP contribution in [0.4, 0.5) is 0 Å². The van der Waals surface area contributed by atoms with Crippen molar-refractivity contribution in [1.29, 1.82) is 0 Å². The summed E-state index contributed by atoms with van der Waals surface area (Å²) in [6.45, 7) is 7.49. The average Bonchev–Trinajstić information content (AvgIpc) is 2.42. The van der Waals surface area contributed by atoms with E-state index >= 15 is 0 Å². The van der Waals surface area contributed by atoms with E-state index < -0.39 is 10.8 Å². The van der Waals surface area contributed by atoms with E-state index in [0.717, 1.165) is 30.9 Å². The third-order valence-corrected chi connectivity index (χ3v) is 4.51. The molecule has 0 amide bonds. The van der Waals surface area contributed by atoms with Crippen LogP contribution in [-0.2, 0) is 10.8 Å². The predicted molar refractivity (Wildman–Crippen MR) is 84.8 cm³/mol. The lowest BCUT2D eigenvalue weighted by molar-refractivity contribution is 0.566. The zero-order valence-corrected chi connectivity index (χ0v) is 13.2. The van der Waals surface area contributed by atoms with E-state index in [1.165, 1.54) is 5.56 Å². The highest BCUT2D eigenvalue weighted by Gasteiger charge is 2.14. The molecule has 19 heavy (non-hydrogen) atoms. The standard InChI is InChI=1S/C16H27NOS/c1-4-11-17-16(15-8-6-5-7-9-15)13-19(18)12-10-14(2)3/h5-9,14,16-17H,4,10-13H2,1-3H3. The van der Waals surface area contributed by atoms with Crippen molar-refractivity contribution in [2.45, 2.75) is 39.7 Å². The summed E-state index contributed by atoms with van der Waals surface area (Å²) >= 11 is 0. The summed E-state index contributed by atoms with van der Waals surface area (Å²) in [5.74, 6) is 2.16. The highest BCUT2D eigenvalue weighted by Crippen LogP contribution is 2.15. The van der Waals surface area contributed by atoms with E-state index in [4.69, 9.17) is 0 Å². The summed E-state index contributed by atoms with van der Waals surface area (Å²) in [4.78, 5) is 0. The molecule has 0 fully saturated rings. The third-order valence-electron chi connectivity index (χ3n) is 3.12. The number of hydrogen-bond donors (Lipinski definition) is 1. The maximum atomic E-state index is 12.2. The summed E-state index contributed by atoms with van der Waals surface area (Å²) < 4.78 is 12.2. The Morgan fingerprint density at radius 2 is 1.89 bits per heavy atom. The van der Waals surface area contributed by atoms with Gasteiger partial charge in [0.15, 0.2) is 0 Å². The van der Waals surface area contributed by atoms with Crippen molar-refractivity contribution >= 4 is 10.8 Å². The largest absolute Gasteiger partial charge is 0.309 e. The molecule has 0 aliphatic heterocycles. The summed E-state index contributed by atoms with van der Waals surface area (Å²) in [6.07, 6.45) is 2.14. The maximum absolute atomic E-state index is 12.2. The first-order valence-corrected chi connectivity index (χ1v) is 8.75. The highest BCUT2D eigenvalue weighted by molar-refractivity contribution is 7.85. The average molecular weight is 281 g/mol. The van der Waals surface area contributed by atoms with Crippen molar-refractivity contribution in [2.75, 3.05) is 18.1 Å². The van der Waals surface area contributed by atoms with Crippen LogP contribution in [0.2, 0.25) is 0 Å². The number of rotatable bonds is 9. The highest BCUT2D eigenvalue weighted by atomic mass is 32.2. The molecule has 2 atom stereocenters. The molecule has 2 nitrogen and oxygen atoms in total. The summed E-state index contributed by atoms with van der Waals surface area (Å²) in [6, 6.07) is 10.6. The lowest BCUT2D eigenvalue weighted by Crippen LogP contribution is -2.27. The second kappa shape index (κ2) is 9.27. The van der Waals surface area contributed by atoms with Crippen molar-refractivity contribution in [3.05, 3.63) is 35.9 Å². The molecule has 0 radical (unpaired) electrons. The molecule has 0 saturated carbocycles. The Morgan fingerprint density at radius 3 is 2.47 bits per heavy atom. The maximum Gasteiger partial charge on any atom is 0.0436 e. The Kier molecular flexibility index (Phi) is 7.99. The minimum absolute atomic E-state index is 0.217. The molecule has 0 aliphatic carbocycles. The number of benzene rings is 1. The SMILES string of the molecule is CCCNC(CS(=O)CCC(C)C)c1ccccc1. The topological polar surface area (TPSA) is 29.1 Å². The van der Waals surface area contributed by atoms with Gasteiger partial charge in [-0.15, -0.1) is 0 Å². The Labute approximate surface area is 120 Å². The van der Waals surface area contributed by atoms with Crippen LogP contribution < -0.4 is 5.32 Å². The molecule has 0 aromatic heterocycles. The fourth-order valence-electron chi connectivity index (χ4n) is 1.91. The van der Waals surface area contributed by atoms with Gasteiger partial charge in [-0.25, -0.2) is 0 Å². The molecule has 0 saturated heterocycles. The Morgan fingerprint density at radius 1 is 1.21 bits per heavy atom. The van der Waals surface area contributed by atoms with Crippen LogP contribution >= 0.6 is 0 Å². The van der Waals surface area contributed by atoms with Gasteiger partial charge in [-0.2, -0.15) is 0 Å². The fraction of sp³-hybridized carbons (Fsp3) is 0.625. The Bertz CT molecular complexity index is 364. The Balaban J connectivity index is 2.57. The predicted octanol–water partition coefficient (Wildman–Crippen LogP) is 3.52. The minimum atomic E-state index is -0.737. The van der Waals surface area contributed by atoms with E-state index in [1.807, 2.05) is 18.2 Å². The van der Waals surface area contributed by atoms with Crippen LogP contribution in [0.25, 0.3) is 0 Å². The first kappa shape index (κ1) is 16.4. The smallest absolute Gasteiger partial charge is 0.0436 e. The van der Waals surface area contributed by atoms with E-state index in [9.17, 15) is 4.21 Å². The summed E-state index contributed by atoms with van der Waals surface area (Å²) in [7, 11) is -0.737. The van der Waals surface area contributed by atoms with Gasteiger partial charge in [0.25, 0.3) is 0 Å². The molecular formula is C16H27NOS. The van der Waals surface area contributed by atoms with Gasteiger partial charge < -0.3 is 5.32 Å². The lowest BCUT2D eigenvalue weighted by atomic mass is 10.1. The normalized spacial score (nSPS) is 14.5. The van der Waals surface area contributed by atoms with Crippen molar-refractivity contribution in [3.63, 3.8) is 0 Å². The van der Waals surface area contributed by atoms with Gasteiger partial charge in [-0.1, -0.05) is 51.1 Å². The molecule has 3 heteroatoms. The zero-order chi connectivity index (χ0) is 14.1. The fourth-order valence-corrected chi connectivity index (χ4v) is 3.50. The van der Waals surface area contributed by atoms with E-state index in [2.05, 4.69) is 38.2 Å². The lowest BCUT2D eigenvalue weighted by Gasteiger charge is -2.19. The van der Waals surface area contributed by atoms with Crippen LogP contribution in [0.3, 0.4) is 0 Å². The number of hydrogen-bond acceptors (Lipinski definition) is 2. The van der Waals surface area contributed by atoms with Gasteiger partial charge in [0.2, 0.25) is 0 Å². The molecule has 1 aromatic rings. The first-order chi connectivity index (χ1) is 9.13. The van der Waals surface area contributed by atoms with Crippen molar-refractivity contribution in [1.82, 2.24) is 5.32 Å². The second-order valence-electron chi connectivity index (χ2n) is 5.41. The van der Waals surface area contributed by atoms with E-state index in [1.54, 1.807) is 0 Å². The second-order valence-corrected chi connectivity index (χ2v) is 7.03. The van der Waals surface area contributed by atoms with Gasteiger partial charge in [-0.05, 0) is 30.9 Å². The molecular weight excluding hydrogens is 254 g/mol. The van der Waals surface area contributed by atoms with Crippen LogP contribution in [0, 0.1) is 5.92 Å². The zero-order valence-electron chi connectivity index (χ0n) is 12.4. The Hall–Kier alpha value is -0.670. The van der Waals surface area contributed by atoms with Crippen LogP contribution in [0.5, 0.6) is 0 Å². The minimum Gasteiger partial charge on any atom is -0.309 e. The van der Waals surface area contributed by atoms with E-state index in [0.29, 0.717) is 5.92 Å². The molecule has 2 unspecified atom stereocenters. The molecule has 1 N–H and O–H groups in total. The van der Waals surface area contributed by atoms with Crippen molar-refractivity contribution < 1.29 is 4.21 Å². The van der Waals surface area contributed by atoms with Crippen molar-refractivity contribution in [3.8, 4) is 0 Å². The van der Waals surface area contributed by atoms with Crippen LogP contribution in [0.15, 0.2) is 30.3 Å². The van der Waals surface area contributed by atoms with Crippen molar-refractivity contribution in [2.24, 2.45) is 5.92 Å². The molecule has 0 spiro atoms. The van der Waals surface area contributed by atoms with Gasteiger partial charge in [0.1, 0.15) is 0 Å². The van der Waals surface area contributed by atoms with Crippen LogP contribution in [-0.4, -0.2) is 22.3 Å². The summed E-state index contributed by atoms with van der Waals surface area (Å²) in [5.41, 5.74) is 1.24. The first-order valence-electron chi connectivity index (χ1n) is 7.26. The van der Waals surface area contributed by atoms with Gasteiger partial charge in [0, 0.05) is 28.3 Å². The van der Waals surface area contributed by atoms with Gasteiger partial charge in [0.05, 0.1) is 0 Å². The van der Waals surface area contributed by atoms with Crippen LogP contribution in [0.1, 0.15) is 45.2 Å². The third kappa shape index (κ3) is 6.88. The monoisotopic (exact) mass is 281 g/mol. The quantitative estimate of drug-likeness (QED) is 0.750. The molecule has 108 valence electrons. The summed E-state index contributed by atoms with van der Waals surface area (Å²) in [5, 5.41) is 3.51. The molecule has 0 heterocycles. The van der Waals surface area contributed by atoms with Gasteiger partial charge >= 0.3 is 0 Å².